The van der Waals surface area contributed by atoms with Gasteiger partial charge in [0.2, 0.25) is 0 Å². The second-order valence-electron chi connectivity index (χ2n) is 5.60. The van der Waals surface area contributed by atoms with E-state index in [1.807, 2.05) is 0 Å². The molecule has 27 heavy (non-hydrogen) atoms. The van der Waals surface area contributed by atoms with E-state index in [1.165, 1.54) is 19.9 Å². The SMILES string of the molecule is CC(=O)c1cccc(NC(=O)C(C)OC(=O)c2ccc([N+](=O)[O-])cc2Cl)c1. The number of halogens is 1. The first-order chi connectivity index (χ1) is 12.7. The number of anilines is 1. The van der Waals surface area contributed by atoms with Gasteiger partial charge in [-0.1, -0.05) is 23.7 Å². The second-order valence-corrected chi connectivity index (χ2v) is 6.00. The predicted molar refractivity (Wildman–Crippen MR) is 98.1 cm³/mol. The lowest BCUT2D eigenvalue weighted by Crippen LogP contribution is -2.30. The molecule has 2 aromatic carbocycles. The van der Waals surface area contributed by atoms with Gasteiger partial charge >= 0.3 is 5.97 Å². The molecule has 1 N–H and O–H groups in total. The molecule has 0 saturated carbocycles. The largest absolute Gasteiger partial charge is 0.449 e. The third-order valence-electron chi connectivity index (χ3n) is 3.57. The van der Waals surface area contributed by atoms with Crippen LogP contribution < -0.4 is 5.32 Å². The molecule has 9 heteroatoms. The number of esters is 1. The number of nitrogens with zero attached hydrogens (tertiary/aromatic N) is 1. The lowest BCUT2D eigenvalue weighted by atomic mass is 10.1. The molecule has 0 heterocycles. The topological polar surface area (TPSA) is 116 Å². The summed E-state index contributed by atoms with van der Waals surface area (Å²) < 4.78 is 5.06. The van der Waals surface area contributed by atoms with E-state index in [4.69, 9.17) is 16.3 Å². The van der Waals surface area contributed by atoms with Crippen LogP contribution in [0.2, 0.25) is 5.02 Å². The van der Waals surface area contributed by atoms with Crippen LogP contribution in [-0.2, 0) is 9.53 Å². The molecule has 0 fully saturated rings. The smallest absolute Gasteiger partial charge is 0.340 e. The van der Waals surface area contributed by atoms with Crippen molar-refractivity contribution in [2.45, 2.75) is 20.0 Å². The molecule has 2 aromatic rings. The van der Waals surface area contributed by atoms with Gasteiger partial charge in [0.25, 0.3) is 11.6 Å². The molecule has 0 spiro atoms. The normalized spacial score (nSPS) is 11.4. The summed E-state index contributed by atoms with van der Waals surface area (Å²) >= 11 is 5.87. The van der Waals surface area contributed by atoms with Crippen molar-refractivity contribution in [2.24, 2.45) is 0 Å². The van der Waals surface area contributed by atoms with Gasteiger partial charge < -0.3 is 10.1 Å². The summed E-state index contributed by atoms with van der Waals surface area (Å²) in [6.45, 7) is 2.76. The Morgan fingerprint density at radius 2 is 1.89 bits per heavy atom. The van der Waals surface area contributed by atoms with Gasteiger partial charge in [-0.05, 0) is 32.0 Å². The van der Waals surface area contributed by atoms with E-state index < -0.39 is 22.9 Å². The number of nitro benzene ring substituents is 1. The summed E-state index contributed by atoms with van der Waals surface area (Å²) in [6, 6.07) is 9.60. The fourth-order valence-corrected chi connectivity index (χ4v) is 2.37. The molecular weight excluding hydrogens is 376 g/mol. The molecule has 0 saturated heterocycles. The van der Waals surface area contributed by atoms with Crippen molar-refractivity contribution in [3.63, 3.8) is 0 Å². The number of ether oxygens (including phenoxy) is 1. The summed E-state index contributed by atoms with van der Waals surface area (Å²) in [7, 11) is 0. The Kier molecular flexibility index (Phi) is 6.25. The van der Waals surface area contributed by atoms with E-state index in [2.05, 4.69) is 5.32 Å². The highest BCUT2D eigenvalue weighted by Gasteiger charge is 2.22. The monoisotopic (exact) mass is 390 g/mol. The number of carbonyl (C=O) groups excluding carboxylic acids is 3. The summed E-state index contributed by atoms with van der Waals surface area (Å²) in [6.07, 6.45) is -1.16. The average Bonchev–Trinajstić information content (AvgIpc) is 2.61. The molecule has 1 atom stereocenters. The fraction of sp³-hybridized carbons (Fsp3) is 0.167. The maximum absolute atomic E-state index is 12.2. The number of non-ortho nitro benzene ring substituents is 1. The number of carbonyl (C=O) groups is 3. The van der Waals surface area contributed by atoms with Crippen LogP contribution in [0.25, 0.3) is 0 Å². The van der Waals surface area contributed by atoms with Crippen LogP contribution in [0.5, 0.6) is 0 Å². The van der Waals surface area contributed by atoms with Gasteiger partial charge in [0, 0.05) is 23.4 Å². The van der Waals surface area contributed by atoms with E-state index in [-0.39, 0.29) is 22.1 Å². The Morgan fingerprint density at radius 3 is 2.48 bits per heavy atom. The molecule has 1 amide bonds. The Bertz CT molecular complexity index is 928. The van der Waals surface area contributed by atoms with Gasteiger partial charge in [-0.2, -0.15) is 0 Å². The van der Waals surface area contributed by atoms with Crippen molar-refractivity contribution >= 4 is 40.6 Å². The van der Waals surface area contributed by atoms with Gasteiger partial charge in [-0.3, -0.25) is 19.7 Å². The summed E-state index contributed by atoms with van der Waals surface area (Å²) in [4.78, 5) is 45.8. The van der Waals surface area contributed by atoms with Crippen LogP contribution in [0, 0.1) is 10.1 Å². The van der Waals surface area contributed by atoms with Crippen molar-refractivity contribution in [1.29, 1.82) is 0 Å². The summed E-state index contributed by atoms with van der Waals surface area (Å²) in [5, 5.41) is 13.1. The van der Waals surface area contributed by atoms with Crippen LogP contribution in [0.3, 0.4) is 0 Å². The minimum absolute atomic E-state index is 0.0968. The molecule has 2 rings (SSSR count). The number of Topliss-reactive ketones (excluding diaryl/α,β-unsaturated/α-hetero) is 1. The number of nitrogens with one attached hydrogen (secondary N) is 1. The first-order valence-corrected chi connectivity index (χ1v) is 8.13. The van der Waals surface area contributed by atoms with E-state index in [1.54, 1.807) is 18.2 Å². The van der Waals surface area contributed by atoms with Crippen LogP contribution in [0.15, 0.2) is 42.5 Å². The number of rotatable bonds is 6. The predicted octanol–water partition coefficient (Wildman–Crippen LogP) is 3.63. The lowest BCUT2D eigenvalue weighted by molar-refractivity contribution is -0.384. The highest BCUT2D eigenvalue weighted by Crippen LogP contribution is 2.23. The number of amides is 1. The number of hydrogen-bond acceptors (Lipinski definition) is 6. The van der Waals surface area contributed by atoms with Gasteiger partial charge in [-0.25, -0.2) is 4.79 Å². The first kappa shape index (κ1) is 20.1. The van der Waals surface area contributed by atoms with E-state index >= 15 is 0 Å². The highest BCUT2D eigenvalue weighted by molar-refractivity contribution is 6.33. The van der Waals surface area contributed by atoms with E-state index in [9.17, 15) is 24.5 Å². The number of benzene rings is 2. The van der Waals surface area contributed by atoms with Crippen molar-refractivity contribution in [3.05, 3.63) is 68.7 Å². The fourth-order valence-electron chi connectivity index (χ4n) is 2.12. The zero-order chi connectivity index (χ0) is 20.1. The first-order valence-electron chi connectivity index (χ1n) is 7.76. The Morgan fingerprint density at radius 1 is 1.19 bits per heavy atom. The Hall–Kier alpha value is -3.26. The van der Waals surface area contributed by atoms with Crippen molar-refractivity contribution in [3.8, 4) is 0 Å². The van der Waals surface area contributed by atoms with Gasteiger partial charge in [0.05, 0.1) is 15.5 Å². The molecule has 8 nitrogen and oxygen atoms in total. The average molecular weight is 391 g/mol. The molecule has 1 unspecified atom stereocenters. The minimum atomic E-state index is -1.16. The maximum atomic E-state index is 12.2. The third kappa shape index (κ3) is 5.11. The number of nitro groups is 1. The van der Waals surface area contributed by atoms with Crippen LogP contribution in [0.1, 0.15) is 34.6 Å². The molecule has 0 aromatic heterocycles. The number of hydrogen-bond donors (Lipinski definition) is 1. The van der Waals surface area contributed by atoms with Gasteiger partial charge in [-0.15, -0.1) is 0 Å². The quantitative estimate of drug-likeness (QED) is 0.348. The molecule has 0 radical (unpaired) electrons. The van der Waals surface area contributed by atoms with E-state index in [0.29, 0.717) is 11.3 Å². The minimum Gasteiger partial charge on any atom is -0.449 e. The second kappa shape index (κ2) is 8.41. The molecule has 0 aliphatic heterocycles. The van der Waals surface area contributed by atoms with Crippen LogP contribution in [-0.4, -0.2) is 28.7 Å². The van der Waals surface area contributed by atoms with E-state index in [0.717, 1.165) is 18.2 Å². The number of ketones is 1. The standard InChI is InChI=1S/C18H15ClN2O6/c1-10(22)12-4-3-5-13(8-12)20-17(23)11(2)27-18(24)15-7-6-14(21(25)26)9-16(15)19/h3-9,11H,1-2H3,(H,20,23). The third-order valence-corrected chi connectivity index (χ3v) is 3.89. The molecule has 0 bridgehead atoms. The van der Waals surface area contributed by atoms with Crippen molar-refractivity contribution in [1.82, 2.24) is 0 Å². The van der Waals surface area contributed by atoms with Crippen molar-refractivity contribution in [2.75, 3.05) is 5.32 Å². The maximum Gasteiger partial charge on any atom is 0.340 e. The van der Waals surface area contributed by atoms with Gasteiger partial charge in [0.1, 0.15) is 0 Å². The van der Waals surface area contributed by atoms with Gasteiger partial charge in [0.15, 0.2) is 11.9 Å². The Labute approximate surface area is 159 Å². The molecule has 0 aliphatic rings. The zero-order valence-corrected chi connectivity index (χ0v) is 15.1. The Balaban J connectivity index is 2.05. The zero-order valence-electron chi connectivity index (χ0n) is 14.4. The summed E-state index contributed by atoms with van der Waals surface area (Å²) in [5.74, 6) is -1.66. The molecular formula is C18H15ClN2O6. The van der Waals surface area contributed by atoms with Crippen LogP contribution >= 0.6 is 11.6 Å². The van der Waals surface area contributed by atoms with Crippen LogP contribution in [0.4, 0.5) is 11.4 Å². The summed E-state index contributed by atoms with van der Waals surface area (Å²) in [5.41, 5.74) is 0.437. The highest BCUT2D eigenvalue weighted by atomic mass is 35.5. The van der Waals surface area contributed by atoms with Crippen molar-refractivity contribution < 1.29 is 24.0 Å². The lowest BCUT2D eigenvalue weighted by Gasteiger charge is -2.14. The molecule has 0 aliphatic carbocycles. The molecule has 140 valence electrons.